The molecule has 3 aromatic carbocycles. The van der Waals surface area contributed by atoms with Gasteiger partial charge in [-0.15, -0.1) is 0 Å². The average molecular weight is 340 g/mol. The van der Waals surface area contributed by atoms with Gasteiger partial charge in [-0.2, -0.15) is 0 Å². The van der Waals surface area contributed by atoms with E-state index in [0.29, 0.717) is 29.4 Å². The average Bonchev–Trinajstić information content (AvgIpc) is 2.66. The Morgan fingerprint density at radius 1 is 0.680 bits per heavy atom. The first-order valence-electron chi connectivity index (χ1n) is 7.83. The van der Waals surface area contributed by atoms with Gasteiger partial charge in [0.05, 0.1) is 28.4 Å². The van der Waals surface area contributed by atoms with Gasteiger partial charge in [-0.1, -0.05) is 0 Å². The molecular weight excluding hydrogens is 320 g/mol. The normalized spacial score (nSPS) is 10.7. The molecule has 0 amide bonds. The SMILES string of the molecule is COc1cc2cc(CC=O)c3cc(OC)c(OC)cc3c2cc1OC. The Hall–Kier alpha value is -2.95. The van der Waals surface area contributed by atoms with E-state index in [1.807, 2.05) is 30.3 Å². The molecule has 0 radical (unpaired) electrons. The number of ether oxygens (including phenoxy) is 4. The number of carbonyl (C=O) groups is 1. The maximum atomic E-state index is 11.2. The van der Waals surface area contributed by atoms with Crippen LogP contribution in [0.3, 0.4) is 0 Å². The second kappa shape index (κ2) is 6.89. The standard InChI is InChI=1S/C20H20O5/c1-22-17-8-13-7-12(5-6-21)14-9-19(24-3)20(25-4)11-16(14)15(13)10-18(17)23-2/h6-11H,5H2,1-4H3. The Morgan fingerprint density at radius 2 is 1.16 bits per heavy atom. The highest BCUT2D eigenvalue weighted by atomic mass is 16.5. The number of hydrogen-bond donors (Lipinski definition) is 0. The van der Waals surface area contributed by atoms with Crippen molar-refractivity contribution in [1.82, 2.24) is 0 Å². The van der Waals surface area contributed by atoms with Gasteiger partial charge in [0.2, 0.25) is 0 Å². The van der Waals surface area contributed by atoms with Gasteiger partial charge < -0.3 is 23.7 Å². The number of aldehydes is 1. The summed E-state index contributed by atoms with van der Waals surface area (Å²) in [6, 6.07) is 9.69. The number of methoxy groups -OCH3 is 4. The van der Waals surface area contributed by atoms with Crippen LogP contribution in [-0.4, -0.2) is 34.7 Å². The molecule has 0 spiro atoms. The molecule has 0 fully saturated rings. The van der Waals surface area contributed by atoms with Crippen molar-refractivity contribution in [2.75, 3.05) is 28.4 Å². The molecule has 0 unspecified atom stereocenters. The summed E-state index contributed by atoms with van der Waals surface area (Å²) in [5.74, 6) is 2.55. The molecule has 3 aromatic rings. The first-order chi connectivity index (χ1) is 12.2. The summed E-state index contributed by atoms with van der Waals surface area (Å²) >= 11 is 0. The van der Waals surface area contributed by atoms with E-state index in [1.165, 1.54) is 0 Å². The molecule has 0 atom stereocenters. The van der Waals surface area contributed by atoms with Crippen LogP contribution in [0.5, 0.6) is 23.0 Å². The fraction of sp³-hybridized carbons (Fsp3) is 0.250. The van der Waals surface area contributed by atoms with Crippen molar-refractivity contribution in [2.45, 2.75) is 6.42 Å². The van der Waals surface area contributed by atoms with E-state index in [-0.39, 0.29) is 0 Å². The topological polar surface area (TPSA) is 54.0 Å². The van der Waals surface area contributed by atoms with Crippen LogP contribution in [0.25, 0.3) is 21.5 Å². The van der Waals surface area contributed by atoms with E-state index in [0.717, 1.165) is 33.4 Å². The van der Waals surface area contributed by atoms with Crippen LogP contribution in [-0.2, 0) is 11.2 Å². The molecule has 130 valence electrons. The van der Waals surface area contributed by atoms with E-state index in [2.05, 4.69) is 0 Å². The second-order valence-electron chi connectivity index (χ2n) is 5.59. The minimum Gasteiger partial charge on any atom is -0.493 e. The van der Waals surface area contributed by atoms with Gasteiger partial charge in [-0.3, -0.25) is 0 Å². The number of rotatable bonds is 6. The fourth-order valence-electron chi connectivity index (χ4n) is 3.14. The van der Waals surface area contributed by atoms with Crippen LogP contribution >= 0.6 is 0 Å². The zero-order chi connectivity index (χ0) is 18.0. The Kier molecular flexibility index (Phi) is 4.65. The Morgan fingerprint density at radius 3 is 1.68 bits per heavy atom. The number of fused-ring (bicyclic) bond motifs is 3. The van der Waals surface area contributed by atoms with Crippen molar-refractivity contribution in [1.29, 1.82) is 0 Å². The van der Waals surface area contributed by atoms with Crippen LogP contribution in [0.1, 0.15) is 5.56 Å². The third kappa shape index (κ3) is 2.82. The molecule has 5 nitrogen and oxygen atoms in total. The molecule has 0 aliphatic rings. The van der Waals surface area contributed by atoms with Gasteiger partial charge >= 0.3 is 0 Å². The van der Waals surface area contributed by atoms with E-state index >= 15 is 0 Å². The summed E-state index contributed by atoms with van der Waals surface area (Å²) in [4.78, 5) is 11.2. The Balaban J connectivity index is 2.46. The first kappa shape index (κ1) is 16.9. The highest BCUT2D eigenvalue weighted by Gasteiger charge is 2.15. The third-order valence-corrected chi connectivity index (χ3v) is 4.35. The van der Waals surface area contributed by atoms with Crippen LogP contribution < -0.4 is 18.9 Å². The van der Waals surface area contributed by atoms with Gasteiger partial charge in [0.1, 0.15) is 6.29 Å². The largest absolute Gasteiger partial charge is 0.493 e. The van der Waals surface area contributed by atoms with E-state index in [4.69, 9.17) is 18.9 Å². The Bertz CT molecular complexity index is 946. The maximum Gasteiger partial charge on any atom is 0.161 e. The molecule has 0 aliphatic carbocycles. The molecule has 0 saturated heterocycles. The lowest BCUT2D eigenvalue weighted by atomic mass is 9.95. The summed E-state index contributed by atoms with van der Waals surface area (Å²) < 4.78 is 21.7. The predicted octanol–water partition coefficient (Wildman–Crippen LogP) is 3.77. The van der Waals surface area contributed by atoms with Crippen molar-refractivity contribution >= 4 is 27.8 Å². The molecule has 0 N–H and O–H groups in total. The molecule has 0 bridgehead atoms. The minimum atomic E-state index is 0.316. The summed E-state index contributed by atoms with van der Waals surface area (Å²) in [6.07, 6.45) is 1.22. The van der Waals surface area contributed by atoms with Crippen molar-refractivity contribution < 1.29 is 23.7 Å². The minimum absolute atomic E-state index is 0.316. The summed E-state index contributed by atoms with van der Waals surface area (Å²) in [7, 11) is 6.41. The molecule has 3 rings (SSSR count). The molecule has 0 heterocycles. The van der Waals surface area contributed by atoms with Crippen molar-refractivity contribution in [3.8, 4) is 23.0 Å². The smallest absolute Gasteiger partial charge is 0.161 e. The van der Waals surface area contributed by atoms with Crippen LogP contribution in [0, 0.1) is 0 Å². The fourth-order valence-corrected chi connectivity index (χ4v) is 3.14. The summed E-state index contributed by atoms with van der Waals surface area (Å²) in [6.45, 7) is 0. The number of hydrogen-bond acceptors (Lipinski definition) is 5. The lowest BCUT2D eigenvalue weighted by Crippen LogP contribution is -1.96. The monoisotopic (exact) mass is 340 g/mol. The second-order valence-corrected chi connectivity index (χ2v) is 5.59. The van der Waals surface area contributed by atoms with Gasteiger partial charge in [-0.05, 0) is 57.4 Å². The summed E-state index contributed by atoms with van der Waals surface area (Å²) in [5, 5.41) is 3.87. The van der Waals surface area contributed by atoms with Crippen LogP contribution in [0.2, 0.25) is 0 Å². The highest BCUT2D eigenvalue weighted by Crippen LogP contribution is 2.41. The lowest BCUT2D eigenvalue weighted by molar-refractivity contribution is -0.107. The zero-order valence-electron chi connectivity index (χ0n) is 14.7. The van der Waals surface area contributed by atoms with Crippen molar-refractivity contribution in [2.24, 2.45) is 0 Å². The third-order valence-electron chi connectivity index (χ3n) is 4.35. The van der Waals surface area contributed by atoms with Crippen molar-refractivity contribution in [3.63, 3.8) is 0 Å². The molecule has 0 saturated carbocycles. The van der Waals surface area contributed by atoms with Gasteiger partial charge in [-0.25, -0.2) is 0 Å². The predicted molar refractivity (Wildman–Crippen MR) is 97.4 cm³/mol. The first-order valence-corrected chi connectivity index (χ1v) is 7.83. The molecule has 5 heteroatoms. The quantitative estimate of drug-likeness (QED) is 0.505. The number of carbonyl (C=O) groups excluding carboxylic acids is 1. The van der Waals surface area contributed by atoms with Crippen LogP contribution in [0.15, 0.2) is 30.3 Å². The Labute approximate surface area is 146 Å². The molecule has 0 aromatic heterocycles. The maximum absolute atomic E-state index is 11.2. The highest BCUT2D eigenvalue weighted by molar-refractivity contribution is 6.11. The van der Waals surface area contributed by atoms with E-state index in [1.54, 1.807) is 28.4 Å². The van der Waals surface area contributed by atoms with E-state index in [9.17, 15) is 4.79 Å². The van der Waals surface area contributed by atoms with Gasteiger partial charge in [0.15, 0.2) is 23.0 Å². The van der Waals surface area contributed by atoms with Crippen molar-refractivity contribution in [3.05, 3.63) is 35.9 Å². The van der Waals surface area contributed by atoms with E-state index < -0.39 is 0 Å². The van der Waals surface area contributed by atoms with Crippen LogP contribution in [0.4, 0.5) is 0 Å². The number of benzene rings is 3. The van der Waals surface area contributed by atoms with Gasteiger partial charge in [0.25, 0.3) is 0 Å². The zero-order valence-corrected chi connectivity index (χ0v) is 14.7. The molecular formula is C20H20O5. The summed E-state index contributed by atoms with van der Waals surface area (Å²) in [5.41, 5.74) is 0.922. The molecule has 25 heavy (non-hydrogen) atoms. The van der Waals surface area contributed by atoms with Gasteiger partial charge in [0, 0.05) is 6.42 Å². The lowest BCUT2D eigenvalue weighted by Gasteiger charge is -2.15. The molecule has 0 aliphatic heterocycles.